The number of halogens is 1. The Morgan fingerprint density at radius 1 is 1.37 bits per heavy atom. The van der Waals surface area contributed by atoms with Gasteiger partial charge in [0.1, 0.15) is 0 Å². The second-order valence-electron chi connectivity index (χ2n) is 6.16. The lowest BCUT2D eigenvalue weighted by Crippen LogP contribution is -2.23. The van der Waals surface area contributed by atoms with Gasteiger partial charge in [0.25, 0.3) is 0 Å². The molecule has 3 unspecified atom stereocenters. The third-order valence-electron chi connectivity index (χ3n) is 4.40. The zero-order valence-corrected chi connectivity index (χ0v) is 12.9. The molecule has 1 fully saturated rings. The summed E-state index contributed by atoms with van der Waals surface area (Å²) in [6.45, 7) is 5.73. The van der Waals surface area contributed by atoms with E-state index in [1.165, 1.54) is 37.7 Å². The summed E-state index contributed by atoms with van der Waals surface area (Å²) in [5.41, 5.74) is 1.28. The first kappa shape index (κ1) is 14.9. The zero-order valence-electron chi connectivity index (χ0n) is 12.2. The number of benzene rings is 1. The van der Waals surface area contributed by atoms with Crippen molar-refractivity contribution in [2.45, 2.75) is 52.0 Å². The molecule has 0 spiro atoms. The highest BCUT2D eigenvalue weighted by molar-refractivity contribution is 6.30. The molecule has 0 radical (unpaired) electrons. The molecule has 0 amide bonds. The molecule has 2 heteroatoms. The molecule has 19 heavy (non-hydrogen) atoms. The van der Waals surface area contributed by atoms with Gasteiger partial charge in [-0.1, -0.05) is 49.9 Å². The SMILES string of the molecule is CC1CCCC(CCNC(C)c2cccc(Cl)c2)C1. The van der Waals surface area contributed by atoms with Gasteiger partial charge in [-0.05, 0) is 55.8 Å². The van der Waals surface area contributed by atoms with Crippen LogP contribution in [0.25, 0.3) is 0 Å². The Hall–Kier alpha value is -0.530. The van der Waals surface area contributed by atoms with E-state index < -0.39 is 0 Å². The van der Waals surface area contributed by atoms with Crippen molar-refractivity contribution >= 4 is 11.6 Å². The summed E-state index contributed by atoms with van der Waals surface area (Å²) in [6, 6.07) is 8.55. The van der Waals surface area contributed by atoms with E-state index in [0.29, 0.717) is 6.04 Å². The quantitative estimate of drug-likeness (QED) is 0.780. The van der Waals surface area contributed by atoms with E-state index in [9.17, 15) is 0 Å². The highest BCUT2D eigenvalue weighted by Crippen LogP contribution is 2.30. The molecule has 0 aliphatic heterocycles. The molecular formula is C17H26ClN. The summed E-state index contributed by atoms with van der Waals surface area (Å²) in [5.74, 6) is 1.87. The topological polar surface area (TPSA) is 12.0 Å². The third kappa shape index (κ3) is 4.81. The molecule has 1 aliphatic rings. The number of nitrogens with one attached hydrogen (secondary N) is 1. The van der Waals surface area contributed by atoms with Crippen LogP contribution in [0.3, 0.4) is 0 Å². The Morgan fingerprint density at radius 3 is 2.95 bits per heavy atom. The van der Waals surface area contributed by atoms with Gasteiger partial charge in [0, 0.05) is 11.1 Å². The van der Waals surface area contributed by atoms with E-state index >= 15 is 0 Å². The first-order valence-electron chi connectivity index (χ1n) is 7.64. The van der Waals surface area contributed by atoms with Gasteiger partial charge in [0.15, 0.2) is 0 Å². The molecule has 1 aromatic rings. The van der Waals surface area contributed by atoms with Crippen LogP contribution in [0.1, 0.15) is 57.6 Å². The van der Waals surface area contributed by atoms with Gasteiger partial charge in [0.2, 0.25) is 0 Å². The van der Waals surface area contributed by atoms with E-state index in [1.807, 2.05) is 12.1 Å². The fourth-order valence-corrected chi connectivity index (χ4v) is 3.42. The minimum Gasteiger partial charge on any atom is -0.310 e. The maximum Gasteiger partial charge on any atom is 0.0409 e. The van der Waals surface area contributed by atoms with E-state index in [4.69, 9.17) is 11.6 Å². The molecular weight excluding hydrogens is 254 g/mol. The maximum atomic E-state index is 6.03. The minimum absolute atomic E-state index is 0.389. The van der Waals surface area contributed by atoms with Gasteiger partial charge in [-0.15, -0.1) is 0 Å². The molecule has 1 aliphatic carbocycles. The second-order valence-corrected chi connectivity index (χ2v) is 6.59. The average molecular weight is 280 g/mol. The summed E-state index contributed by atoms with van der Waals surface area (Å²) in [4.78, 5) is 0. The standard InChI is InChI=1S/C17H26ClN/c1-13-5-3-6-15(11-13)9-10-19-14(2)16-7-4-8-17(18)12-16/h4,7-8,12-15,19H,3,5-6,9-11H2,1-2H3. The molecule has 1 N–H and O–H groups in total. The van der Waals surface area contributed by atoms with Crippen LogP contribution in [-0.2, 0) is 0 Å². The lowest BCUT2D eigenvalue weighted by atomic mass is 9.81. The number of rotatable bonds is 5. The van der Waals surface area contributed by atoms with Crippen molar-refractivity contribution in [2.75, 3.05) is 6.54 Å². The van der Waals surface area contributed by atoms with E-state index in [0.717, 1.165) is 23.4 Å². The van der Waals surface area contributed by atoms with Gasteiger partial charge in [0.05, 0.1) is 0 Å². The first-order valence-corrected chi connectivity index (χ1v) is 8.02. The second kappa shape index (κ2) is 7.31. The summed E-state index contributed by atoms with van der Waals surface area (Å²) < 4.78 is 0. The average Bonchev–Trinajstić information content (AvgIpc) is 2.38. The Bertz CT molecular complexity index is 391. The van der Waals surface area contributed by atoms with Crippen LogP contribution in [0.5, 0.6) is 0 Å². The predicted octanol–water partition coefficient (Wildman–Crippen LogP) is 5.21. The van der Waals surface area contributed by atoms with Crippen LogP contribution in [-0.4, -0.2) is 6.54 Å². The Balaban J connectivity index is 1.73. The minimum atomic E-state index is 0.389. The normalized spacial score (nSPS) is 25.2. The molecule has 0 aromatic heterocycles. The Morgan fingerprint density at radius 2 is 2.21 bits per heavy atom. The fraction of sp³-hybridized carbons (Fsp3) is 0.647. The Labute approximate surface area is 122 Å². The lowest BCUT2D eigenvalue weighted by Gasteiger charge is -2.27. The summed E-state index contributed by atoms with van der Waals surface area (Å²) in [5, 5.41) is 4.46. The van der Waals surface area contributed by atoms with Crippen molar-refractivity contribution in [1.82, 2.24) is 5.32 Å². The molecule has 0 heterocycles. The summed E-state index contributed by atoms with van der Waals surface area (Å²) in [7, 11) is 0. The first-order chi connectivity index (χ1) is 9.15. The van der Waals surface area contributed by atoms with Crippen molar-refractivity contribution in [2.24, 2.45) is 11.8 Å². The molecule has 0 bridgehead atoms. The van der Waals surface area contributed by atoms with Gasteiger partial charge in [-0.25, -0.2) is 0 Å². The van der Waals surface area contributed by atoms with Crippen LogP contribution in [0.4, 0.5) is 0 Å². The maximum absolute atomic E-state index is 6.03. The van der Waals surface area contributed by atoms with Crippen molar-refractivity contribution in [1.29, 1.82) is 0 Å². The van der Waals surface area contributed by atoms with Gasteiger partial charge < -0.3 is 5.32 Å². The van der Waals surface area contributed by atoms with Crippen molar-refractivity contribution < 1.29 is 0 Å². The molecule has 1 aromatic carbocycles. The van der Waals surface area contributed by atoms with E-state index in [-0.39, 0.29) is 0 Å². The highest BCUT2D eigenvalue weighted by Gasteiger charge is 2.18. The Kier molecular flexibility index (Phi) is 5.72. The van der Waals surface area contributed by atoms with Crippen molar-refractivity contribution in [3.8, 4) is 0 Å². The molecule has 1 nitrogen and oxygen atoms in total. The summed E-state index contributed by atoms with van der Waals surface area (Å²) >= 11 is 6.03. The fourth-order valence-electron chi connectivity index (χ4n) is 3.22. The summed E-state index contributed by atoms with van der Waals surface area (Å²) in [6.07, 6.45) is 7.03. The lowest BCUT2D eigenvalue weighted by molar-refractivity contribution is 0.265. The smallest absolute Gasteiger partial charge is 0.0409 e. The van der Waals surface area contributed by atoms with E-state index in [2.05, 4.69) is 31.3 Å². The van der Waals surface area contributed by atoms with Gasteiger partial charge in [-0.3, -0.25) is 0 Å². The molecule has 1 saturated carbocycles. The van der Waals surface area contributed by atoms with Crippen molar-refractivity contribution in [3.05, 3.63) is 34.9 Å². The number of hydrogen-bond donors (Lipinski definition) is 1. The van der Waals surface area contributed by atoms with Crippen LogP contribution < -0.4 is 5.32 Å². The third-order valence-corrected chi connectivity index (χ3v) is 4.63. The highest BCUT2D eigenvalue weighted by atomic mass is 35.5. The molecule has 3 atom stereocenters. The van der Waals surface area contributed by atoms with Crippen molar-refractivity contribution in [3.63, 3.8) is 0 Å². The predicted molar refractivity (Wildman–Crippen MR) is 83.6 cm³/mol. The van der Waals surface area contributed by atoms with Gasteiger partial charge in [-0.2, -0.15) is 0 Å². The van der Waals surface area contributed by atoms with Gasteiger partial charge >= 0.3 is 0 Å². The van der Waals surface area contributed by atoms with Crippen LogP contribution in [0.15, 0.2) is 24.3 Å². The van der Waals surface area contributed by atoms with E-state index in [1.54, 1.807) is 0 Å². The van der Waals surface area contributed by atoms with Crippen LogP contribution in [0.2, 0.25) is 5.02 Å². The molecule has 0 saturated heterocycles. The molecule has 2 rings (SSSR count). The van der Waals surface area contributed by atoms with Crippen LogP contribution >= 0.6 is 11.6 Å². The largest absolute Gasteiger partial charge is 0.310 e. The molecule has 106 valence electrons. The zero-order chi connectivity index (χ0) is 13.7. The number of hydrogen-bond acceptors (Lipinski definition) is 1. The van der Waals surface area contributed by atoms with Crippen LogP contribution in [0, 0.1) is 11.8 Å². The monoisotopic (exact) mass is 279 g/mol.